The highest BCUT2D eigenvalue weighted by Gasteiger charge is 2.13. The Morgan fingerprint density at radius 1 is 1.04 bits per heavy atom. The second-order valence-electron chi connectivity index (χ2n) is 5.73. The van der Waals surface area contributed by atoms with E-state index in [-0.39, 0.29) is 18.2 Å². The predicted molar refractivity (Wildman–Crippen MR) is 95.4 cm³/mol. The molecule has 1 aromatic carbocycles. The van der Waals surface area contributed by atoms with E-state index < -0.39 is 17.7 Å². The van der Waals surface area contributed by atoms with Gasteiger partial charge in [-0.25, -0.2) is 0 Å². The molecule has 2 aromatic rings. The third-order valence-electron chi connectivity index (χ3n) is 3.30. The van der Waals surface area contributed by atoms with Crippen LogP contribution in [0.15, 0.2) is 41.2 Å². The van der Waals surface area contributed by atoms with E-state index >= 15 is 0 Å². The summed E-state index contributed by atoms with van der Waals surface area (Å²) in [5.41, 5.74) is 5.04. The number of hydrogen-bond acceptors (Lipinski definition) is 6. The lowest BCUT2D eigenvalue weighted by Crippen LogP contribution is -2.46. The summed E-state index contributed by atoms with van der Waals surface area (Å²) in [4.78, 5) is 35.6. The van der Waals surface area contributed by atoms with Crippen LogP contribution in [0.5, 0.6) is 11.5 Å². The summed E-state index contributed by atoms with van der Waals surface area (Å²) in [5, 5.41) is 2.39. The third-order valence-corrected chi connectivity index (χ3v) is 3.30. The first-order chi connectivity index (χ1) is 12.9. The van der Waals surface area contributed by atoms with Gasteiger partial charge in [-0.15, -0.1) is 0 Å². The Balaban J connectivity index is 1.85. The van der Waals surface area contributed by atoms with Crippen molar-refractivity contribution in [3.63, 3.8) is 0 Å². The quantitative estimate of drug-likeness (QED) is 0.627. The van der Waals surface area contributed by atoms with Crippen molar-refractivity contribution in [2.24, 2.45) is 0 Å². The molecule has 0 atom stereocenters. The van der Waals surface area contributed by atoms with Crippen molar-refractivity contribution in [2.45, 2.75) is 20.0 Å². The lowest BCUT2D eigenvalue weighted by Gasteiger charge is -2.14. The average molecular weight is 375 g/mol. The number of carbonyl (C=O) groups is 3. The number of rotatable bonds is 7. The maximum atomic E-state index is 12.2. The summed E-state index contributed by atoms with van der Waals surface area (Å²) in [7, 11) is 1.47. The largest absolute Gasteiger partial charge is 0.493 e. The molecule has 2 rings (SSSR count). The molecule has 144 valence electrons. The first-order valence-corrected chi connectivity index (χ1v) is 8.15. The topological polar surface area (TPSA) is 119 Å². The van der Waals surface area contributed by atoms with Crippen LogP contribution in [0.4, 0.5) is 0 Å². The molecule has 1 aromatic heterocycles. The Morgan fingerprint density at radius 3 is 2.44 bits per heavy atom. The van der Waals surface area contributed by atoms with E-state index in [4.69, 9.17) is 13.9 Å². The summed E-state index contributed by atoms with van der Waals surface area (Å²) in [6.07, 6.45) is 2.56. The maximum Gasteiger partial charge on any atom is 0.269 e. The first kappa shape index (κ1) is 19.8. The molecule has 9 heteroatoms. The van der Waals surface area contributed by atoms with Gasteiger partial charge in [0.15, 0.2) is 11.5 Å². The molecule has 0 saturated carbocycles. The molecule has 0 spiro atoms. The van der Waals surface area contributed by atoms with Gasteiger partial charge in [-0.05, 0) is 38.1 Å². The predicted octanol–water partition coefficient (Wildman–Crippen LogP) is 1.27. The van der Waals surface area contributed by atoms with Gasteiger partial charge in [-0.3, -0.25) is 25.2 Å². The Labute approximate surface area is 156 Å². The minimum absolute atomic E-state index is 0.0462. The van der Waals surface area contributed by atoms with Gasteiger partial charge < -0.3 is 19.2 Å². The molecule has 3 N–H and O–H groups in total. The molecule has 0 saturated heterocycles. The molecule has 1 heterocycles. The fraction of sp³-hybridized carbons (Fsp3) is 0.278. The van der Waals surface area contributed by atoms with Gasteiger partial charge in [-0.2, -0.15) is 0 Å². The molecule has 0 radical (unpaired) electrons. The van der Waals surface area contributed by atoms with Crippen LogP contribution in [0.2, 0.25) is 0 Å². The van der Waals surface area contributed by atoms with Crippen LogP contribution < -0.4 is 25.6 Å². The fourth-order valence-corrected chi connectivity index (χ4v) is 2.06. The Morgan fingerprint density at radius 2 is 1.81 bits per heavy atom. The Kier molecular flexibility index (Phi) is 6.81. The SMILES string of the molecule is COc1cc(C(=O)NNC(=O)CNC(=O)c2ccoc2)ccc1OC(C)C. The molecule has 0 unspecified atom stereocenters. The zero-order valence-electron chi connectivity index (χ0n) is 15.2. The molecule has 9 nitrogen and oxygen atoms in total. The molecular formula is C18H21N3O6. The van der Waals surface area contributed by atoms with Gasteiger partial charge in [0.05, 0.1) is 31.6 Å². The number of carbonyl (C=O) groups excluding carboxylic acids is 3. The summed E-state index contributed by atoms with van der Waals surface area (Å²) in [6, 6.07) is 6.12. The lowest BCUT2D eigenvalue weighted by atomic mass is 10.2. The van der Waals surface area contributed by atoms with Gasteiger partial charge in [-0.1, -0.05) is 0 Å². The van der Waals surface area contributed by atoms with Gasteiger partial charge in [0.25, 0.3) is 17.7 Å². The Bertz CT molecular complexity index is 801. The molecule has 3 amide bonds. The van der Waals surface area contributed by atoms with Gasteiger partial charge >= 0.3 is 0 Å². The van der Waals surface area contributed by atoms with E-state index in [0.717, 1.165) is 0 Å². The number of amides is 3. The normalized spacial score (nSPS) is 10.2. The van der Waals surface area contributed by atoms with Crippen LogP contribution in [0.3, 0.4) is 0 Å². The second kappa shape index (κ2) is 9.27. The van der Waals surface area contributed by atoms with Gasteiger partial charge in [0, 0.05) is 5.56 Å². The van der Waals surface area contributed by atoms with Crippen molar-refractivity contribution in [3.8, 4) is 11.5 Å². The van der Waals surface area contributed by atoms with Crippen molar-refractivity contribution in [2.75, 3.05) is 13.7 Å². The van der Waals surface area contributed by atoms with Gasteiger partial charge in [0.2, 0.25) is 0 Å². The summed E-state index contributed by atoms with van der Waals surface area (Å²) < 4.78 is 15.6. The van der Waals surface area contributed by atoms with Crippen molar-refractivity contribution in [1.29, 1.82) is 0 Å². The fourth-order valence-electron chi connectivity index (χ4n) is 2.06. The standard InChI is InChI=1S/C18H21N3O6/c1-11(2)27-14-5-4-12(8-15(14)25-3)18(24)21-20-16(22)9-19-17(23)13-6-7-26-10-13/h4-8,10-11H,9H2,1-3H3,(H,19,23)(H,20,22)(H,21,24). The smallest absolute Gasteiger partial charge is 0.269 e. The van der Waals surface area contributed by atoms with Crippen molar-refractivity contribution in [3.05, 3.63) is 47.9 Å². The summed E-state index contributed by atoms with van der Waals surface area (Å²) >= 11 is 0. The van der Waals surface area contributed by atoms with E-state index in [0.29, 0.717) is 17.1 Å². The van der Waals surface area contributed by atoms with Crippen molar-refractivity contribution >= 4 is 17.7 Å². The van der Waals surface area contributed by atoms with Crippen molar-refractivity contribution in [1.82, 2.24) is 16.2 Å². The summed E-state index contributed by atoms with van der Waals surface area (Å²) in [5.74, 6) is -0.688. The molecule has 0 aliphatic heterocycles. The first-order valence-electron chi connectivity index (χ1n) is 8.15. The highest BCUT2D eigenvalue weighted by atomic mass is 16.5. The van der Waals surface area contributed by atoms with Crippen LogP contribution >= 0.6 is 0 Å². The maximum absolute atomic E-state index is 12.2. The van der Waals surface area contributed by atoms with Crippen LogP contribution in [-0.2, 0) is 4.79 Å². The second-order valence-corrected chi connectivity index (χ2v) is 5.73. The third kappa shape index (κ3) is 5.77. The molecule has 0 aliphatic carbocycles. The van der Waals surface area contributed by atoms with Crippen LogP contribution in [0.25, 0.3) is 0 Å². The number of methoxy groups -OCH3 is 1. The highest BCUT2D eigenvalue weighted by molar-refractivity contribution is 5.98. The van der Waals surface area contributed by atoms with Gasteiger partial charge in [0.1, 0.15) is 6.26 Å². The number of hydrogen-bond donors (Lipinski definition) is 3. The lowest BCUT2D eigenvalue weighted by molar-refractivity contribution is -0.120. The average Bonchev–Trinajstić information content (AvgIpc) is 3.18. The van der Waals surface area contributed by atoms with E-state index in [1.165, 1.54) is 31.8 Å². The molecule has 0 fully saturated rings. The van der Waals surface area contributed by atoms with E-state index in [1.54, 1.807) is 12.1 Å². The zero-order chi connectivity index (χ0) is 19.8. The number of benzene rings is 1. The summed E-state index contributed by atoms with van der Waals surface area (Å²) in [6.45, 7) is 3.44. The monoisotopic (exact) mass is 375 g/mol. The Hall–Kier alpha value is -3.49. The van der Waals surface area contributed by atoms with E-state index in [9.17, 15) is 14.4 Å². The molecule has 0 aliphatic rings. The van der Waals surface area contributed by atoms with E-state index in [1.807, 2.05) is 13.8 Å². The number of hydrazine groups is 1. The number of furan rings is 1. The molecule has 0 bridgehead atoms. The molecule has 27 heavy (non-hydrogen) atoms. The van der Waals surface area contributed by atoms with Crippen LogP contribution in [0.1, 0.15) is 34.6 Å². The van der Waals surface area contributed by atoms with Crippen LogP contribution in [0, 0.1) is 0 Å². The highest BCUT2D eigenvalue weighted by Crippen LogP contribution is 2.28. The molecular weight excluding hydrogens is 354 g/mol. The van der Waals surface area contributed by atoms with Crippen LogP contribution in [-0.4, -0.2) is 37.5 Å². The minimum atomic E-state index is -0.591. The van der Waals surface area contributed by atoms with E-state index in [2.05, 4.69) is 16.2 Å². The number of ether oxygens (including phenoxy) is 2. The van der Waals surface area contributed by atoms with Crippen molar-refractivity contribution < 1.29 is 28.3 Å². The minimum Gasteiger partial charge on any atom is -0.493 e. The zero-order valence-corrected chi connectivity index (χ0v) is 15.2. The number of nitrogens with one attached hydrogen (secondary N) is 3.